The number of nitrogens with one attached hydrogen (secondary N) is 1. The Kier molecular flexibility index (Phi) is 5.84. The van der Waals surface area contributed by atoms with Gasteiger partial charge in [0, 0.05) is 24.0 Å². The summed E-state index contributed by atoms with van der Waals surface area (Å²) in [6, 6.07) is 28.3. The van der Waals surface area contributed by atoms with Crippen LogP contribution in [0.3, 0.4) is 0 Å². The summed E-state index contributed by atoms with van der Waals surface area (Å²) in [5.74, 6) is 0.576. The highest BCUT2D eigenvalue weighted by Gasteiger charge is 2.24. The van der Waals surface area contributed by atoms with Gasteiger partial charge in [0.2, 0.25) is 0 Å². The minimum Gasteiger partial charge on any atom is -0.369 e. The van der Waals surface area contributed by atoms with E-state index in [1.165, 1.54) is 5.56 Å². The lowest BCUT2D eigenvalue weighted by Gasteiger charge is -2.35. The molecular formula is C28H27N3O. The molecule has 4 nitrogen and oxygen atoms in total. The number of carbonyl (C=O) groups is 1. The third-order valence-corrected chi connectivity index (χ3v) is 6.33. The molecule has 0 radical (unpaired) electrons. The summed E-state index contributed by atoms with van der Waals surface area (Å²) in [5, 5.41) is 4.21. The molecule has 1 aliphatic heterocycles. The molecule has 0 atom stereocenters. The number of hydrogen-bond donors (Lipinski definition) is 1. The maximum atomic E-state index is 12.9. The van der Waals surface area contributed by atoms with Gasteiger partial charge in [0.25, 0.3) is 5.91 Å². The number of benzene rings is 3. The van der Waals surface area contributed by atoms with Crippen molar-refractivity contribution < 1.29 is 4.79 Å². The predicted octanol–water partition coefficient (Wildman–Crippen LogP) is 5.95. The summed E-state index contributed by atoms with van der Waals surface area (Å²) in [7, 11) is 0. The molecule has 1 aromatic heterocycles. The molecule has 1 N–H and O–H groups in total. The fourth-order valence-corrected chi connectivity index (χ4v) is 4.65. The summed E-state index contributed by atoms with van der Waals surface area (Å²) < 4.78 is 0. The van der Waals surface area contributed by atoms with Crippen LogP contribution in [0.1, 0.15) is 28.8 Å². The van der Waals surface area contributed by atoms with E-state index in [4.69, 9.17) is 0 Å². The van der Waals surface area contributed by atoms with Gasteiger partial charge in [-0.05, 0) is 48.9 Å². The zero-order valence-corrected chi connectivity index (χ0v) is 18.1. The first-order valence-corrected chi connectivity index (χ1v) is 11.3. The van der Waals surface area contributed by atoms with E-state index in [0.717, 1.165) is 54.6 Å². The lowest BCUT2D eigenvalue weighted by Crippen LogP contribution is -2.35. The third kappa shape index (κ3) is 4.35. The Morgan fingerprint density at radius 3 is 2.28 bits per heavy atom. The van der Waals surface area contributed by atoms with Gasteiger partial charge in [-0.1, -0.05) is 66.7 Å². The monoisotopic (exact) mass is 421 g/mol. The van der Waals surface area contributed by atoms with E-state index < -0.39 is 0 Å². The summed E-state index contributed by atoms with van der Waals surface area (Å²) in [6.07, 6.45) is 5.20. The van der Waals surface area contributed by atoms with E-state index in [2.05, 4.69) is 51.6 Å². The second-order valence-corrected chi connectivity index (χ2v) is 8.48. The molecule has 1 fully saturated rings. The number of aromatic nitrogens is 1. The summed E-state index contributed by atoms with van der Waals surface area (Å²) in [4.78, 5) is 19.9. The number of fused-ring (bicyclic) bond motifs is 1. The van der Waals surface area contributed by atoms with Crippen LogP contribution in [0.2, 0.25) is 0 Å². The quantitative estimate of drug-likeness (QED) is 0.433. The van der Waals surface area contributed by atoms with Gasteiger partial charge in [-0.15, -0.1) is 0 Å². The maximum absolute atomic E-state index is 12.9. The predicted molar refractivity (Wildman–Crippen MR) is 131 cm³/mol. The summed E-state index contributed by atoms with van der Waals surface area (Å²) in [5.41, 5.74) is 4.87. The van der Waals surface area contributed by atoms with Crippen LogP contribution in [0.25, 0.3) is 10.9 Å². The second-order valence-electron chi connectivity index (χ2n) is 8.48. The lowest BCUT2D eigenvalue weighted by molar-refractivity contribution is 0.102. The average Bonchev–Trinajstić information content (AvgIpc) is 2.86. The second kappa shape index (κ2) is 9.23. The number of rotatable bonds is 5. The minimum absolute atomic E-state index is 0.108. The molecular weight excluding hydrogens is 394 g/mol. The van der Waals surface area contributed by atoms with Gasteiger partial charge in [-0.2, -0.15) is 0 Å². The summed E-state index contributed by atoms with van der Waals surface area (Å²) >= 11 is 0. The Morgan fingerprint density at radius 2 is 1.53 bits per heavy atom. The number of carbonyl (C=O) groups excluding carboxylic acids is 1. The molecule has 3 aromatic carbocycles. The highest BCUT2D eigenvalue weighted by Crippen LogP contribution is 2.36. The van der Waals surface area contributed by atoms with Crippen molar-refractivity contribution in [3.63, 3.8) is 0 Å². The molecule has 160 valence electrons. The van der Waals surface area contributed by atoms with Gasteiger partial charge < -0.3 is 10.2 Å². The van der Waals surface area contributed by atoms with Gasteiger partial charge in [0.05, 0.1) is 23.1 Å². The number of para-hydroxylation sites is 1. The molecule has 4 heteroatoms. The van der Waals surface area contributed by atoms with E-state index in [1.54, 1.807) is 6.20 Å². The van der Waals surface area contributed by atoms with Crippen LogP contribution in [0.4, 0.5) is 11.4 Å². The van der Waals surface area contributed by atoms with Crippen LogP contribution in [0, 0.1) is 5.92 Å². The average molecular weight is 422 g/mol. The minimum atomic E-state index is -0.108. The van der Waals surface area contributed by atoms with Crippen molar-refractivity contribution in [1.29, 1.82) is 0 Å². The Balaban J connectivity index is 1.40. The number of hydrogen-bond acceptors (Lipinski definition) is 3. The van der Waals surface area contributed by atoms with Crippen LogP contribution >= 0.6 is 0 Å². The normalized spacial score (nSPS) is 14.4. The smallest absolute Gasteiger partial charge is 0.255 e. The van der Waals surface area contributed by atoms with E-state index >= 15 is 0 Å². The standard InChI is InChI=1S/C28H27N3O/c32-28(23-11-5-2-6-12-23)30-26-20-29-25-14-8-7-13-24(25)27(26)31-17-15-22(16-18-31)19-21-9-3-1-4-10-21/h1-14,20,22H,15-19H2,(H,30,32). The van der Waals surface area contributed by atoms with Gasteiger partial charge in [0.15, 0.2) is 0 Å². The number of amides is 1. The van der Waals surface area contributed by atoms with Gasteiger partial charge in [0.1, 0.15) is 0 Å². The Hall–Kier alpha value is -3.66. The van der Waals surface area contributed by atoms with Crippen molar-refractivity contribution in [3.05, 3.63) is 102 Å². The van der Waals surface area contributed by atoms with Crippen molar-refractivity contribution >= 4 is 28.2 Å². The number of pyridine rings is 1. The van der Waals surface area contributed by atoms with E-state index in [-0.39, 0.29) is 5.91 Å². The molecule has 1 aliphatic rings. The largest absolute Gasteiger partial charge is 0.369 e. The number of nitrogens with zero attached hydrogens (tertiary/aromatic N) is 2. The van der Waals surface area contributed by atoms with Crippen molar-refractivity contribution in [2.75, 3.05) is 23.3 Å². The zero-order valence-electron chi connectivity index (χ0n) is 18.1. The molecule has 0 aliphatic carbocycles. The summed E-state index contributed by atoms with van der Waals surface area (Å²) in [6.45, 7) is 1.94. The highest BCUT2D eigenvalue weighted by molar-refractivity contribution is 6.09. The Bertz CT molecular complexity index is 1200. The molecule has 4 aromatic rings. The third-order valence-electron chi connectivity index (χ3n) is 6.33. The fourth-order valence-electron chi connectivity index (χ4n) is 4.65. The molecule has 0 bridgehead atoms. The van der Waals surface area contributed by atoms with Gasteiger partial charge in [-0.25, -0.2) is 0 Å². The fraction of sp³-hybridized carbons (Fsp3) is 0.214. The first kappa shape index (κ1) is 20.3. The topological polar surface area (TPSA) is 45.2 Å². The van der Waals surface area contributed by atoms with E-state index in [9.17, 15) is 4.79 Å². The Labute approximate surface area is 188 Å². The number of anilines is 2. The first-order chi connectivity index (χ1) is 15.8. The van der Waals surface area contributed by atoms with Crippen molar-refractivity contribution in [2.24, 2.45) is 5.92 Å². The molecule has 1 amide bonds. The van der Waals surface area contributed by atoms with Crippen LogP contribution in [0.5, 0.6) is 0 Å². The zero-order chi connectivity index (χ0) is 21.8. The van der Waals surface area contributed by atoms with Crippen LogP contribution < -0.4 is 10.2 Å². The highest BCUT2D eigenvalue weighted by atomic mass is 16.1. The molecule has 5 rings (SSSR count). The van der Waals surface area contributed by atoms with Gasteiger partial charge in [-0.3, -0.25) is 9.78 Å². The maximum Gasteiger partial charge on any atom is 0.255 e. The van der Waals surface area contributed by atoms with Crippen LogP contribution in [-0.4, -0.2) is 24.0 Å². The Morgan fingerprint density at radius 1 is 0.875 bits per heavy atom. The molecule has 0 saturated carbocycles. The number of piperidine rings is 1. The van der Waals surface area contributed by atoms with Crippen LogP contribution in [-0.2, 0) is 6.42 Å². The van der Waals surface area contributed by atoms with Crippen LogP contribution in [0.15, 0.2) is 91.1 Å². The lowest BCUT2D eigenvalue weighted by atomic mass is 9.90. The molecule has 32 heavy (non-hydrogen) atoms. The van der Waals surface area contributed by atoms with E-state index in [1.807, 2.05) is 48.5 Å². The molecule has 1 saturated heterocycles. The molecule has 0 unspecified atom stereocenters. The van der Waals surface area contributed by atoms with Crippen molar-refractivity contribution in [2.45, 2.75) is 19.3 Å². The SMILES string of the molecule is O=C(Nc1cnc2ccccc2c1N1CCC(Cc2ccccc2)CC1)c1ccccc1. The molecule has 0 spiro atoms. The van der Waals surface area contributed by atoms with Crippen molar-refractivity contribution in [1.82, 2.24) is 4.98 Å². The van der Waals surface area contributed by atoms with Crippen molar-refractivity contribution in [3.8, 4) is 0 Å². The molecule has 2 heterocycles. The van der Waals surface area contributed by atoms with Gasteiger partial charge >= 0.3 is 0 Å². The van der Waals surface area contributed by atoms with E-state index in [0.29, 0.717) is 11.5 Å². The first-order valence-electron chi connectivity index (χ1n) is 11.3.